The lowest BCUT2D eigenvalue weighted by molar-refractivity contribution is -0.138. The van der Waals surface area contributed by atoms with Crippen molar-refractivity contribution in [3.63, 3.8) is 0 Å². The van der Waals surface area contributed by atoms with E-state index >= 15 is 0 Å². The monoisotopic (exact) mass is 508 g/mol. The maximum atomic E-state index is 12.9. The standard InChI is InChI=1S/C27H32N4O6/c1-19(25(34)30-22(17-32)15-20-9-4-2-5-10-20)29-26(35)23-13-8-14-31(23)24(33)16-28-27(36)37-18-21-11-6-3-7-12-21/h2-7,9-12,17,19,22-23H,8,13-16,18H2,1H3,(H,28,36)(H,29,35)(H,30,34)/t19-,22-,23-/m0/s1. The van der Waals surface area contributed by atoms with Crippen LogP contribution in [-0.4, -0.2) is 66.2 Å². The third kappa shape index (κ3) is 8.45. The number of ether oxygens (including phenoxy) is 1. The van der Waals surface area contributed by atoms with Crippen LogP contribution in [0.3, 0.4) is 0 Å². The van der Waals surface area contributed by atoms with Gasteiger partial charge in [-0.2, -0.15) is 0 Å². The van der Waals surface area contributed by atoms with Gasteiger partial charge in [0.2, 0.25) is 17.7 Å². The normalized spacial score (nSPS) is 16.2. The van der Waals surface area contributed by atoms with Gasteiger partial charge >= 0.3 is 6.09 Å². The van der Waals surface area contributed by atoms with Crippen LogP contribution in [-0.2, 0) is 36.9 Å². The van der Waals surface area contributed by atoms with Gasteiger partial charge in [-0.3, -0.25) is 14.4 Å². The highest BCUT2D eigenvalue weighted by Crippen LogP contribution is 2.17. The summed E-state index contributed by atoms with van der Waals surface area (Å²) in [6, 6.07) is 16.0. The minimum Gasteiger partial charge on any atom is -0.445 e. The van der Waals surface area contributed by atoms with Gasteiger partial charge in [0.25, 0.3) is 0 Å². The van der Waals surface area contributed by atoms with Gasteiger partial charge in [0.15, 0.2) is 0 Å². The summed E-state index contributed by atoms with van der Waals surface area (Å²) in [7, 11) is 0. The van der Waals surface area contributed by atoms with Crippen LogP contribution >= 0.6 is 0 Å². The van der Waals surface area contributed by atoms with Gasteiger partial charge in [-0.15, -0.1) is 0 Å². The Balaban J connectivity index is 1.44. The van der Waals surface area contributed by atoms with E-state index < -0.39 is 41.9 Å². The molecule has 1 aliphatic rings. The largest absolute Gasteiger partial charge is 0.445 e. The number of aldehydes is 1. The summed E-state index contributed by atoms with van der Waals surface area (Å²) in [4.78, 5) is 62.9. The molecule has 3 rings (SSSR count). The zero-order valence-electron chi connectivity index (χ0n) is 20.7. The summed E-state index contributed by atoms with van der Waals surface area (Å²) >= 11 is 0. The molecule has 10 heteroatoms. The van der Waals surface area contributed by atoms with Gasteiger partial charge in [-0.05, 0) is 37.3 Å². The van der Waals surface area contributed by atoms with E-state index in [0.29, 0.717) is 32.1 Å². The average molecular weight is 509 g/mol. The van der Waals surface area contributed by atoms with Crippen molar-refractivity contribution < 1.29 is 28.7 Å². The van der Waals surface area contributed by atoms with Crippen molar-refractivity contribution in [2.75, 3.05) is 13.1 Å². The van der Waals surface area contributed by atoms with Crippen LogP contribution in [0.4, 0.5) is 4.79 Å². The molecule has 37 heavy (non-hydrogen) atoms. The van der Waals surface area contributed by atoms with Gasteiger partial charge in [-0.1, -0.05) is 60.7 Å². The van der Waals surface area contributed by atoms with Crippen molar-refractivity contribution in [3.8, 4) is 0 Å². The molecule has 4 amide bonds. The highest BCUT2D eigenvalue weighted by Gasteiger charge is 2.35. The van der Waals surface area contributed by atoms with Crippen molar-refractivity contribution in [1.82, 2.24) is 20.9 Å². The Kier molecular flexibility index (Phi) is 10.2. The fraction of sp³-hybridized carbons (Fsp3) is 0.370. The van der Waals surface area contributed by atoms with Crippen LogP contribution < -0.4 is 16.0 Å². The summed E-state index contributed by atoms with van der Waals surface area (Å²) in [5.41, 5.74) is 1.71. The van der Waals surface area contributed by atoms with Crippen molar-refractivity contribution in [3.05, 3.63) is 71.8 Å². The Morgan fingerprint density at radius 1 is 1.00 bits per heavy atom. The predicted molar refractivity (Wildman–Crippen MR) is 135 cm³/mol. The molecule has 0 unspecified atom stereocenters. The molecule has 0 bridgehead atoms. The zero-order chi connectivity index (χ0) is 26.6. The fourth-order valence-electron chi connectivity index (χ4n) is 4.05. The van der Waals surface area contributed by atoms with E-state index in [9.17, 15) is 24.0 Å². The minimum atomic E-state index is -0.908. The summed E-state index contributed by atoms with van der Waals surface area (Å²) in [5, 5.41) is 7.68. The first kappa shape index (κ1) is 27.4. The first-order valence-electron chi connectivity index (χ1n) is 12.2. The van der Waals surface area contributed by atoms with E-state index in [2.05, 4.69) is 16.0 Å². The number of nitrogens with zero attached hydrogens (tertiary/aromatic N) is 1. The number of hydrogen-bond acceptors (Lipinski definition) is 6. The molecule has 1 fully saturated rings. The molecule has 0 saturated carbocycles. The maximum absolute atomic E-state index is 12.9. The third-order valence-corrected chi connectivity index (χ3v) is 6.01. The number of carbonyl (C=O) groups excluding carboxylic acids is 5. The number of alkyl carbamates (subject to hydrolysis) is 1. The van der Waals surface area contributed by atoms with Crippen LogP contribution in [0.5, 0.6) is 0 Å². The zero-order valence-corrected chi connectivity index (χ0v) is 20.7. The first-order valence-corrected chi connectivity index (χ1v) is 12.2. The first-order chi connectivity index (χ1) is 17.9. The molecule has 3 N–H and O–H groups in total. The average Bonchev–Trinajstić information content (AvgIpc) is 3.41. The maximum Gasteiger partial charge on any atom is 0.407 e. The van der Waals surface area contributed by atoms with Crippen LogP contribution in [0, 0.1) is 0 Å². The molecule has 196 valence electrons. The number of hydrogen-bond donors (Lipinski definition) is 3. The number of carbonyl (C=O) groups is 5. The van der Waals surface area contributed by atoms with E-state index in [1.165, 1.54) is 11.8 Å². The molecule has 2 aromatic carbocycles. The topological polar surface area (TPSA) is 134 Å². The molecule has 3 atom stereocenters. The Morgan fingerprint density at radius 3 is 2.30 bits per heavy atom. The summed E-state index contributed by atoms with van der Waals surface area (Å²) < 4.78 is 5.10. The number of amides is 4. The SMILES string of the molecule is C[C@H](NC(=O)[C@@H]1CCCN1C(=O)CNC(=O)OCc1ccccc1)C(=O)N[C@H](C=O)Cc1ccccc1. The molecule has 2 aromatic rings. The Morgan fingerprint density at radius 2 is 1.65 bits per heavy atom. The summed E-state index contributed by atoms with van der Waals surface area (Å²) in [6.45, 7) is 1.64. The van der Waals surface area contributed by atoms with E-state index in [1.54, 1.807) is 0 Å². The van der Waals surface area contributed by atoms with E-state index in [1.807, 2.05) is 60.7 Å². The van der Waals surface area contributed by atoms with E-state index in [4.69, 9.17) is 4.74 Å². The van der Waals surface area contributed by atoms with Gasteiger partial charge < -0.3 is 30.4 Å². The highest BCUT2D eigenvalue weighted by atomic mass is 16.5. The van der Waals surface area contributed by atoms with Gasteiger partial charge in [0.1, 0.15) is 31.5 Å². The second kappa shape index (κ2) is 13.8. The number of benzene rings is 2. The number of nitrogens with one attached hydrogen (secondary N) is 3. The molecule has 0 spiro atoms. The van der Waals surface area contributed by atoms with Crippen LogP contribution in [0.15, 0.2) is 60.7 Å². The molecular formula is C27H32N4O6. The lowest BCUT2D eigenvalue weighted by atomic mass is 10.1. The van der Waals surface area contributed by atoms with Crippen LogP contribution in [0.1, 0.15) is 30.9 Å². The van der Waals surface area contributed by atoms with Crippen LogP contribution in [0.25, 0.3) is 0 Å². The molecule has 1 saturated heterocycles. The Bertz CT molecular complexity index is 1080. The van der Waals surface area contributed by atoms with E-state index in [0.717, 1.165) is 11.1 Å². The molecule has 1 aliphatic heterocycles. The van der Waals surface area contributed by atoms with Gasteiger partial charge in [-0.25, -0.2) is 4.79 Å². The van der Waals surface area contributed by atoms with Gasteiger partial charge in [0.05, 0.1) is 6.04 Å². The molecule has 0 aliphatic carbocycles. The quantitative estimate of drug-likeness (QED) is 0.392. The summed E-state index contributed by atoms with van der Waals surface area (Å²) in [5.74, 6) is -1.39. The van der Waals surface area contributed by atoms with Crippen molar-refractivity contribution in [2.45, 2.75) is 50.9 Å². The fourth-order valence-corrected chi connectivity index (χ4v) is 4.05. The molecule has 1 heterocycles. The van der Waals surface area contributed by atoms with Crippen molar-refractivity contribution >= 4 is 30.1 Å². The smallest absolute Gasteiger partial charge is 0.407 e. The van der Waals surface area contributed by atoms with E-state index in [-0.39, 0.29) is 13.2 Å². The second-order valence-electron chi connectivity index (χ2n) is 8.83. The molecular weight excluding hydrogens is 476 g/mol. The van der Waals surface area contributed by atoms with Gasteiger partial charge in [0, 0.05) is 6.54 Å². The second-order valence-corrected chi connectivity index (χ2v) is 8.83. The Labute approximate surface area is 215 Å². The third-order valence-electron chi connectivity index (χ3n) is 6.01. The van der Waals surface area contributed by atoms with Crippen molar-refractivity contribution in [2.24, 2.45) is 0 Å². The molecule has 0 radical (unpaired) electrons. The van der Waals surface area contributed by atoms with Crippen LogP contribution in [0.2, 0.25) is 0 Å². The lowest BCUT2D eigenvalue weighted by Gasteiger charge is -2.26. The molecule has 10 nitrogen and oxygen atoms in total. The number of rotatable bonds is 11. The van der Waals surface area contributed by atoms with Crippen molar-refractivity contribution in [1.29, 1.82) is 0 Å². The predicted octanol–water partition coefficient (Wildman–Crippen LogP) is 1.33. The Hall–Kier alpha value is -4.21. The highest BCUT2D eigenvalue weighted by molar-refractivity contribution is 5.93. The minimum absolute atomic E-state index is 0.0753. The lowest BCUT2D eigenvalue weighted by Crippen LogP contribution is -2.54. The number of likely N-dealkylation sites (tertiary alicyclic amines) is 1. The summed E-state index contributed by atoms with van der Waals surface area (Å²) in [6.07, 6.45) is 1.32. The molecule has 0 aromatic heterocycles.